The minimum absolute atomic E-state index is 0.308. The van der Waals surface area contributed by atoms with Crippen molar-refractivity contribution in [1.82, 2.24) is 0 Å². The Kier molecular flexibility index (Phi) is 2.56. The van der Waals surface area contributed by atoms with Gasteiger partial charge in [-0.15, -0.1) is 0 Å². The van der Waals surface area contributed by atoms with Crippen molar-refractivity contribution in [2.45, 2.75) is 57.4 Å². The van der Waals surface area contributed by atoms with Gasteiger partial charge in [0.05, 0.1) is 12.1 Å². The maximum absolute atomic E-state index is 5.48. The van der Waals surface area contributed by atoms with Crippen molar-refractivity contribution in [1.29, 1.82) is 0 Å². The smallest absolute Gasteiger partial charge is 0.183 e. The van der Waals surface area contributed by atoms with Gasteiger partial charge in [0.2, 0.25) is 0 Å². The number of rotatable bonds is 1. The molecule has 13 heavy (non-hydrogen) atoms. The highest BCUT2D eigenvalue weighted by Crippen LogP contribution is 2.39. The zero-order valence-electron chi connectivity index (χ0n) is 8.51. The molecular weight excluding hydrogens is 162 g/mol. The minimum Gasteiger partial charge on any atom is -0.481 e. The van der Waals surface area contributed by atoms with Crippen LogP contribution in [0.2, 0.25) is 0 Å². The van der Waals surface area contributed by atoms with E-state index in [2.05, 4.69) is 0 Å². The van der Waals surface area contributed by atoms with Gasteiger partial charge >= 0.3 is 0 Å². The normalized spacial score (nSPS) is 26.1. The first-order valence-electron chi connectivity index (χ1n) is 5.56. The molecule has 0 aromatic carbocycles. The van der Waals surface area contributed by atoms with Gasteiger partial charge < -0.3 is 4.74 Å². The maximum Gasteiger partial charge on any atom is 0.183 e. The van der Waals surface area contributed by atoms with Crippen LogP contribution < -0.4 is 0 Å². The second-order valence-corrected chi connectivity index (χ2v) is 4.22. The van der Waals surface area contributed by atoms with Crippen LogP contribution in [0, 0.1) is 0 Å². The fourth-order valence-electron chi connectivity index (χ4n) is 2.56. The molecule has 0 aromatic rings. The lowest BCUT2D eigenvalue weighted by atomic mass is 9.81. The molecule has 1 spiro atoms. The summed E-state index contributed by atoms with van der Waals surface area (Å²) in [6.07, 6.45) is 9.04. The number of hydrogen-bond donors (Lipinski definition) is 0. The van der Waals surface area contributed by atoms with Crippen LogP contribution in [-0.2, 0) is 4.74 Å². The molecule has 1 heterocycles. The fraction of sp³-hybridized carbons (Fsp3) is 0.909. The van der Waals surface area contributed by atoms with Crippen LogP contribution in [0.3, 0.4) is 0 Å². The minimum atomic E-state index is 0.308. The Morgan fingerprint density at radius 1 is 1.23 bits per heavy atom. The van der Waals surface area contributed by atoms with E-state index in [0.29, 0.717) is 5.54 Å². The van der Waals surface area contributed by atoms with Gasteiger partial charge in [-0.25, -0.2) is 4.99 Å². The molecule has 2 rings (SSSR count). The van der Waals surface area contributed by atoms with Crippen LogP contribution in [0.1, 0.15) is 51.9 Å². The molecule has 1 aliphatic carbocycles. The van der Waals surface area contributed by atoms with E-state index in [4.69, 9.17) is 9.73 Å². The number of hydrogen-bond acceptors (Lipinski definition) is 2. The van der Waals surface area contributed by atoms with Crippen LogP contribution >= 0.6 is 0 Å². The lowest BCUT2D eigenvalue weighted by molar-refractivity contribution is 0.296. The summed E-state index contributed by atoms with van der Waals surface area (Å²) in [4.78, 5) is 4.76. The summed E-state index contributed by atoms with van der Waals surface area (Å²) >= 11 is 0. The van der Waals surface area contributed by atoms with Crippen LogP contribution in [0.15, 0.2) is 4.99 Å². The topological polar surface area (TPSA) is 21.6 Å². The van der Waals surface area contributed by atoms with E-state index in [9.17, 15) is 0 Å². The first-order valence-corrected chi connectivity index (χ1v) is 5.56. The van der Waals surface area contributed by atoms with Gasteiger partial charge in [0.15, 0.2) is 5.90 Å². The Bertz CT molecular complexity index is 204. The van der Waals surface area contributed by atoms with Crippen LogP contribution in [-0.4, -0.2) is 18.0 Å². The summed E-state index contributed by atoms with van der Waals surface area (Å²) in [5.41, 5.74) is 0.308. The fourth-order valence-corrected chi connectivity index (χ4v) is 2.56. The molecule has 0 amide bonds. The largest absolute Gasteiger partial charge is 0.481 e. The third-order valence-corrected chi connectivity index (χ3v) is 3.26. The summed E-state index contributed by atoms with van der Waals surface area (Å²) in [6.45, 7) is 2.81. The van der Waals surface area contributed by atoms with Crippen molar-refractivity contribution in [2.75, 3.05) is 6.61 Å². The molecule has 74 valence electrons. The average Bonchev–Trinajstić information content (AvgIpc) is 2.51. The van der Waals surface area contributed by atoms with E-state index in [1.54, 1.807) is 0 Å². The van der Waals surface area contributed by atoms with Gasteiger partial charge in [0.1, 0.15) is 0 Å². The Morgan fingerprint density at radius 2 is 2.00 bits per heavy atom. The van der Waals surface area contributed by atoms with Crippen LogP contribution in [0.5, 0.6) is 0 Å². The first-order chi connectivity index (χ1) is 6.35. The molecule has 0 saturated heterocycles. The van der Waals surface area contributed by atoms with Gasteiger partial charge in [-0.05, 0) is 26.2 Å². The summed E-state index contributed by atoms with van der Waals surface area (Å²) in [5.74, 6) is 1.02. The highest BCUT2D eigenvalue weighted by molar-refractivity contribution is 5.78. The van der Waals surface area contributed by atoms with E-state index in [-0.39, 0.29) is 0 Å². The summed E-state index contributed by atoms with van der Waals surface area (Å²) in [5, 5.41) is 0. The Hall–Kier alpha value is -0.530. The van der Waals surface area contributed by atoms with Gasteiger partial charge in [0, 0.05) is 6.42 Å². The predicted octanol–water partition coefficient (Wildman–Crippen LogP) is 2.92. The second kappa shape index (κ2) is 3.69. The first kappa shape index (κ1) is 9.04. The molecule has 1 aliphatic heterocycles. The molecule has 2 heteroatoms. The number of ether oxygens (including phenoxy) is 1. The molecule has 2 aliphatic rings. The standard InChI is InChI=1S/C11H19NO/c1-2-13-10-6-9-11(12-10)7-4-3-5-8-11/h2-9H2,1H3. The molecule has 0 unspecified atom stereocenters. The summed E-state index contributed by atoms with van der Waals surface area (Å²) < 4.78 is 5.48. The van der Waals surface area contributed by atoms with Crippen molar-refractivity contribution in [3.8, 4) is 0 Å². The van der Waals surface area contributed by atoms with E-state index in [1.165, 1.54) is 38.5 Å². The van der Waals surface area contributed by atoms with Crippen molar-refractivity contribution in [3.63, 3.8) is 0 Å². The molecular formula is C11H19NO. The molecule has 1 fully saturated rings. The zero-order valence-corrected chi connectivity index (χ0v) is 8.51. The van der Waals surface area contributed by atoms with Gasteiger partial charge in [-0.1, -0.05) is 19.3 Å². The quantitative estimate of drug-likeness (QED) is 0.609. The molecule has 1 saturated carbocycles. The molecule has 0 N–H and O–H groups in total. The van der Waals surface area contributed by atoms with Gasteiger partial charge in [0.25, 0.3) is 0 Å². The SMILES string of the molecule is CCOC1=NC2(CCCCC2)CC1. The second-order valence-electron chi connectivity index (χ2n) is 4.22. The van der Waals surface area contributed by atoms with Crippen molar-refractivity contribution < 1.29 is 4.74 Å². The van der Waals surface area contributed by atoms with E-state index < -0.39 is 0 Å². The maximum atomic E-state index is 5.48. The third kappa shape index (κ3) is 1.87. The lowest BCUT2D eigenvalue weighted by Gasteiger charge is -2.29. The highest BCUT2D eigenvalue weighted by Gasteiger charge is 2.36. The van der Waals surface area contributed by atoms with E-state index in [1.807, 2.05) is 6.92 Å². The number of aliphatic imine (C=N–C) groups is 1. The monoisotopic (exact) mass is 181 g/mol. The van der Waals surface area contributed by atoms with Gasteiger partial charge in [-0.2, -0.15) is 0 Å². The van der Waals surface area contributed by atoms with Gasteiger partial charge in [-0.3, -0.25) is 0 Å². The van der Waals surface area contributed by atoms with Crippen molar-refractivity contribution in [3.05, 3.63) is 0 Å². The Balaban J connectivity index is 2.00. The average molecular weight is 181 g/mol. The van der Waals surface area contributed by atoms with Crippen LogP contribution in [0.25, 0.3) is 0 Å². The van der Waals surface area contributed by atoms with E-state index >= 15 is 0 Å². The number of nitrogens with zero attached hydrogens (tertiary/aromatic N) is 1. The predicted molar refractivity (Wildman–Crippen MR) is 54.1 cm³/mol. The molecule has 0 radical (unpaired) electrons. The van der Waals surface area contributed by atoms with E-state index in [0.717, 1.165) is 18.9 Å². The summed E-state index contributed by atoms with van der Waals surface area (Å²) in [7, 11) is 0. The van der Waals surface area contributed by atoms with Crippen LogP contribution in [0.4, 0.5) is 0 Å². The zero-order chi connectivity index (χ0) is 9.15. The van der Waals surface area contributed by atoms with Crippen molar-refractivity contribution in [2.24, 2.45) is 4.99 Å². The molecule has 2 nitrogen and oxygen atoms in total. The lowest BCUT2D eigenvalue weighted by Crippen LogP contribution is -2.26. The Labute approximate surface area is 80.4 Å². The molecule has 0 bridgehead atoms. The highest BCUT2D eigenvalue weighted by atomic mass is 16.5. The Morgan fingerprint density at radius 3 is 2.69 bits per heavy atom. The van der Waals surface area contributed by atoms with Crippen molar-refractivity contribution >= 4 is 5.90 Å². The third-order valence-electron chi connectivity index (χ3n) is 3.26. The molecule has 0 aromatic heterocycles. The molecule has 0 atom stereocenters. The summed E-state index contributed by atoms with van der Waals surface area (Å²) in [6, 6.07) is 0.